The molecule has 15 heavy (non-hydrogen) atoms. The van der Waals surface area contributed by atoms with E-state index in [1.54, 1.807) is 24.3 Å². The molecule has 0 spiro atoms. The average molecular weight is 203 g/mol. The van der Waals surface area contributed by atoms with Crippen LogP contribution in [-0.4, -0.2) is 19.8 Å². The summed E-state index contributed by atoms with van der Waals surface area (Å²) < 4.78 is 10.5. The quantitative estimate of drug-likeness (QED) is 0.525. The van der Waals surface area contributed by atoms with Crippen LogP contribution in [-0.2, 0) is 4.74 Å². The highest BCUT2D eigenvalue weighted by molar-refractivity contribution is 5.36. The average Bonchev–Trinajstić information content (AvgIpc) is 2.29. The van der Waals surface area contributed by atoms with Gasteiger partial charge in [0.05, 0.1) is 24.8 Å². The maximum atomic E-state index is 8.66. The molecule has 0 saturated heterocycles. The van der Waals surface area contributed by atoms with Crippen LogP contribution in [0.15, 0.2) is 36.9 Å². The van der Waals surface area contributed by atoms with E-state index >= 15 is 0 Å². The van der Waals surface area contributed by atoms with Gasteiger partial charge in [0.2, 0.25) is 0 Å². The predicted octanol–water partition coefficient (Wildman–Crippen LogP) is 2.14. The van der Waals surface area contributed by atoms with Crippen LogP contribution >= 0.6 is 0 Å². The second-order valence-corrected chi connectivity index (χ2v) is 2.85. The van der Waals surface area contributed by atoms with Crippen molar-refractivity contribution >= 4 is 0 Å². The SMILES string of the molecule is C=CCOCCOc1cccc(C#N)c1. The first-order chi connectivity index (χ1) is 7.36. The van der Waals surface area contributed by atoms with Crippen molar-refractivity contribution in [2.45, 2.75) is 0 Å². The van der Waals surface area contributed by atoms with E-state index in [0.29, 0.717) is 31.1 Å². The predicted molar refractivity (Wildman–Crippen MR) is 57.7 cm³/mol. The van der Waals surface area contributed by atoms with Crippen molar-refractivity contribution in [2.75, 3.05) is 19.8 Å². The molecule has 0 aromatic heterocycles. The summed E-state index contributed by atoms with van der Waals surface area (Å²) in [5.41, 5.74) is 0.597. The number of hydrogen-bond donors (Lipinski definition) is 0. The van der Waals surface area contributed by atoms with Crippen LogP contribution < -0.4 is 4.74 Å². The van der Waals surface area contributed by atoms with E-state index in [9.17, 15) is 0 Å². The summed E-state index contributed by atoms with van der Waals surface area (Å²) in [7, 11) is 0. The standard InChI is InChI=1S/C12H13NO2/c1-2-6-14-7-8-15-12-5-3-4-11(9-12)10-13/h2-5,9H,1,6-8H2. The van der Waals surface area contributed by atoms with Gasteiger partial charge in [-0.2, -0.15) is 5.26 Å². The Bertz CT molecular complexity index is 355. The number of benzene rings is 1. The fourth-order valence-electron chi connectivity index (χ4n) is 1.04. The van der Waals surface area contributed by atoms with Crippen molar-refractivity contribution < 1.29 is 9.47 Å². The van der Waals surface area contributed by atoms with E-state index in [1.165, 1.54) is 0 Å². The Morgan fingerprint density at radius 3 is 3.00 bits per heavy atom. The molecule has 3 heteroatoms. The number of hydrogen-bond acceptors (Lipinski definition) is 3. The van der Waals surface area contributed by atoms with E-state index in [4.69, 9.17) is 14.7 Å². The summed E-state index contributed by atoms with van der Waals surface area (Å²) in [5, 5.41) is 8.66. The molecule has 0 radical (unpaired) electrons. The van der Waals surface area contributed by atoms with Crippen molar-refractivity contribution in [3.05, 3.63) is 42.5 Å². The van der Waals surface area contributed by atoms with Gasteiger partial charge in [0.1, 0.15) is 12.4 Å². The lowest BCUT2D eigenvalue weighted by Crippen LogP contribution is -2.06. The van der Waals surface area contributed by atoms with E-state index in [0.717, 1.165) is 0 Å². The molecule has 1 aromatic rings. The van der Waals surface area contributed by atoms with Gasteiger partial charge in [-0.25, -0.2) is 0 Å². The molecule has 1 rings (SSSR count). The van der Waals surface area contributed by atoms with E-state index in [-0.39, 0.29) is 0 Å². The first-order valence-corrected chi connectivity index (χ1v) is 4.68. The van der Waals surface area contributed by atoms with Gasteiger partial charge in [-0.1, -0.05) is 12.1 Å². The molecule has 0 saturated carbocycles. The molecule has 0 heterocycles. The van der Waals surface area contributed by atoms with Crippen molar-refractivity contribution in [1.82, 2.24) is 0 Å². The Morgan fingerprint density at radius 2 is 2.27 bits per heavy atom. The van der Waals surface area contributed by atoms with Crippen LogP contribution in [0, 0.1) is 11.3 Å². The molecular weight excluding hydrogens is 190 g/mol. The highest BCUT2D eigenvalue weighted by Crippen LogP contribution is 2.12. The molecule has 0 bridgehead atoms. The van der Waals surface area contributed by atoms with Crippen molar-refractivity contribution in [1.29, 1.82) is 5.26 Å². The van der Waals surface area contributed by atoms with Gasteiger partial charge in [-0.3, -0.25) is 0 Å². The summed E-state index contributed by atoms with van der Waals surface area (Å²) in [6.07, 6.45) is 1.69. The Hall–Kier alpha value is -1.79. The third kappa shape index (κ3) is 4.30. The molecule has 0 N–H and O–H groups in total. The van der Waals surface area contributed by atoms with Gasteiger partial charge >= 0.3 is 0 Å². The second kappa shape index (κ2) is 6.63. The Labute approximate surface area is 89.6 Å². The smallest absolute Gasteiger partial charge is 0.120 e. The number of nitriles is 1. The zero-order valence-electron chi connectivity index (χ0n) is 8.48. The fourth-order valence-corrected chi connectivity index (χ4v) is 1.04. The van der Waals surface area contributed by atoms with Crippen molar-refractivity contribution in [3.8, 4) is 11.8 Å². The summed E-state index contributed by atoms with van der Waals surface area (Å²) in [4.78, 5) is 0. The van der Waals surface area contributed by atoms with Crippen LogP contribution in [0.5, 0.6) is 5.75 Å². The van der Waals surface area contributed by atoms with Crippen LogP contribution in [0.25, 0.3) is 0 Å². The molecule has 0 unspecified atom stereocenters. The van der Waals surface area contributed by atoms with Gasteiger partial charge in [0.25, 0.3) is 0 Å². The van der Waals surface area contributed by atoms with E-state index in [1.807, 2.05) is 6.07 Å². The maximum Gasteiger partial charge on any atom is 0.120 e. The molecule has 0 fully saturated rings. The van der Waals surface area contributed by atoms with Crippen LogP contribution in [0.1, 0.15) is 5.56 Å². The number of rotatable bonds is 6. The minimum Gasteiger partial charge on any atom is -0.491 e. The summed E-state index contributed by atoms with van der Waals surface area (Å²) in [6.45, 7) is 5.06. The van der Waals surface area contributed by atoms with Gasteiger partial charge in [-0.05, 0) is 18.2 Å². The Morgan fingerprint density at radius 1 is 1.40 bits per heavy atom. The molecule has 1 aromatic carbocycles. The highest BCUT2D eigenvalue weighted by Gasteiger charge is 1.95. The fraction of sp³-hybridized carbons (Fsp3) is 0.250. The number of ether oxygens (including phenoxy) is 2. The topological polar surface area (TPSA) is 42.2 Å². The normalized spacial score (nSPS) is 9.27. The zero-order chi connectivity index (χ0) is 10.9. The van der Waals surface area contributed by atoms with Crippen molar-refractivity contribution in [3.63, 3.8) is 0 Å². The van der Waals surface area contributed by atoms with E-state index < -0.39 is 0 Å². The lowest BCUT2D eigenvalue weighted by Gasteiger charge is -2.05. The molecule has 3 nitrogen and oxygen atoms in total. The monoisotopic (exact) mass is 203 g/mol. The van der Waals surface area contributed by atoms with Gasteiger partial charge in [0, 0.05) is 0 Å². The number of nitrogens with zero attached hydrogens (tertiary/aromatic N) is 1. The van der Waals surface area contributed by atoms with E-state index in [2.05, 4.69) is 12.6 Å². The third-order valence-electron chi connectivity index (χ3n) is 1.70. The summed E-state index contributed by atoms with van der Waals surface area (Å²) in [6, 6.07) is 9.10. The molecule has 0 aliphatic heterocycles. The minimum atomic E-state index is 0.475. The van der Waals surface area contributed by atoms with Crippen LogP contribution in [0.3, 0.4) is 0 Å². The van der Waals surface area contributed by atoms with Crippen LogP contribution in [0.2, 0.25) is 0 Å². The first kappa shape index (κ1) is 11.3. The van der Waals surface area contributed by atoms with Gasteiger partial charge < -0.3 is 9.47 Å². The lowest BCUT2D eigenvalue weighted by molar-refractivity contribution is 0.121. The summed E-state index contributed by atoms with van der Waals surface area (Å²) >= 11 is 0. The zero-order valence-corrected chi connectivity index (χ0v) is 8.48. The van der Waals surface area contributed by atoms with Crippen LogP contribution in [0.4, 0.5) is 0 Å². The summed E-state index contributed by atoms with van der Waals surface area (Å²) in [5.74, 6) is 0.691. The minimum absolute atomic E-state index is 0.475. The largest absolute Gasteiger partial charge is 0.491 e. The lowest BCUT2D eigenvalue weighted by atomic mass is 10.2. The van der Waals surface area contributed by atoms with Gasteiger partial charge in [-0.15, -0.1) is 6.58 Å². The second-order valence-electron chi connectivity index (χ2n) is 2.85. The molecule has 78 valence electrons. The first-order valence-electron chi connectivity index (χ1n) is 4.68. The molecule has 0 atom stereocenters. The Kier molecular flexibility index (Phi) is 4.99. The maximum absolute atomic E-state index is 8.66. The molecule has 0 amide bonds. The molecule has 0 aliphatic carbocycles. The molecule has 0 aliphatic rings. The Balaban J connectivity index is 2.31. The third-order valence-corrected chi connectivity index (χ3v) is 1.70. The highest BCUT2D eigenvalue weighted by atomic mass is 16.5. The van der Waals surface area contributed by atoms with Gasteiger partial charge in [0.15, 0.2) is 0 Å². The van der Waals surface area contributed by atoms with Crippen molar-refractivity contribution in [2.24, 2.45) is 0 Å². The molecular formula is C12H13NO2.